The Morgan fingerprint density at radius 2 is 1.80 bits per heavy atom. The van der Waals surface area contributed by atoms with E-state index in [1.165, 1.54) is 0 Å². The number of piperidine rings is 1. The summed E-state index contributed by atoms with van der Waals surface area (Å²) in [6.45, 7) is 2.41. The number of hydrogen-bond acceptors (Lipinski definition) is 6. The van der Waals surface area contributed by atoms with Gasteiger partial charge in [-0.15, -0.1) is 0 Å². The van der Waals surface area contributed by atoms with Crippen molar-refractivity contribution in [2.75, 3.05) is 26.2 Å². The number of amides is 1. The zero-order chi connectivity index (χ0) is 24.0. The molecule has 2 aliphatic heterocycles. The van der Waals surface area contributed by atoms with E-state index in [4.69, 9.17) is 10.5 Å². The Morgan fingerprint density at radius 1 is 1.06 bits per heavy atom. The Bertz CT molecular complexity index is 1220. The fraction of sp³-hybridized carbons (Fsp3) is 0.429. The van der Waals surface area contributed by atoms with Crippen LogP contribution >= 0.6 is 0 Å². The van der Waals surface area contributed by atoms with E-state index in [2.05, 4.69) is 58.4 Å². The molecular formula is C28H32N4O3. The highest BCUT2D eigenvalue weighted by atomic mass is 16.5. The fourth-order valence-corrected chi connectivity index (χ4v) is 5.72. The van der Waals surface area contributed by atoms with Crippen molar-refractivity contribution in [2.24, 2.45) is 5.73 Å². The highest BCUT2D eigenvalue weighted by molar-refractivity contribution is 5.84. The summed E-state index contributed by atoms with van der Waals surface area (Å²) in [7, 11) is 0. The largest absolute Gasteiger partial charge is 0.377 e. The maximum absolute atomic E-state index is 12.3. The van der Waals surface area contributed by atoms with E-state index in [0.29, 0.717) is 12.6 Å². The number of aliphatic hydroxyl groups excluding tert-OH is 1. The molecule has 3 N–H and O–H groups in total. The predicted octanol–water partition coefficient (Wildman–Crippen LogP) is 3.08. The van der Waals surface area contributed by atoms with Crippen LogP contribution in [0.3, 0.4) is 0 Å². The van der Waals surface area contributed by atoms with Gasteiger partial charge in [0.15, 0.2) is 0 Å². The van der Waals surface area contributed by atoms with Gasteiger partial charge in [0.1, 0.15) is 12.8 Å². The molecule has 6 rings (SSSR count). The molecule has 3 heterocycles. The molecule has 1 amide bonds. The number of nitrogens with zero attached hydrogens (tertiary/aromatic N) is 3. The smallest absolute Gasteiger partial charge is 0.248 e. The minimum absolute atomic E-state index is 0.123. The normalized spacial score (nSPS) is 22.5. The number of ether oxygens (including phenoxy) is 1. The summed E-state index contributed by atoms with van der Waals surface area (Å²) in [5.41, 5.74) is 10.00. The SMILES string of the molecule is NC(O)C(c1ccc(-c2ccc3cccnc3c2)cc1)N1CCC2(CC1)CN(C1CC1)C(=O)CO2. The molecule has 3 aliphatic rings. The van der Waals surface area contributed by atoms with E-state index < -0.39 is 6.23 Å². The molecule has 3 fully saturated rings. The minimum Gasteiger partial charge on any atom is -0.377 e. The van der Waals surface area contributed by atoms with E-state index >= 15 is 0 Å². The monoisotopic (exact) mass is 472 g/mol. The summed E-state index contributed by atoms with van der Waals surface area (Å²) in [6, 6.07) is 18.7. The second-order valence-electron chi connectivity index (χ2n) is 10.2. The van der Waals surface area contributed by atoms with Crippen LogP contribution in [0.15, 0.2) is 60.8 Å². The standard InChI is InChI=1S/C28H32N4O3/c29-27(34)26(31-14-11-28(12-15-31)18-32(23-9-10-23)25(33)17-35-28)21-6-3-19(4-7-21)22-8-5-20-2-1-13-30-24(20)16-22/h1-8,13,16,23,26-27,34H,9-12,14-15,17-18,29H2. The third-order valence-corrected chi connectivity index (χ3v) is 7.89. The van der Waals surface area contributed by atoms with Gasteiger partial charge in [-0.2, -0.15) is 0 Å². The molecule has 0 radical (unpaired) electrons. The molecule has 7 nitrogen and oxygen atoms in total. The van der Waals surface area contributed by atoms with Crippen molar-refractivity contribution in [3.8, 4) is 11.1 Å². The van der Waals surface area contributed by atoms with Crippen LogP contribution in [0.25, 0.3) is 22.0 Å². The zero-order valence-corrected chi connectivity index (χ0v) is 19.8. The number of pyridine rings is 1. The van der Waals surface area contributed by atoms with Crippen molar-refractivity contribution in [1.29, 1.82) is 0 Å². The van der Waals surface area contributed by atoms with Crippen molar-refractivity contribution < 1.29 is 14.6 Å². The molecule has 2 saturated heterocycles. The van der Waals surface area contributed by atoms with E-state index in [1.54, 1.807) is 0 Å². The molecule has 1 spiro atoms. The number of fused-ring (bicyclic) bond motifs is 1. The van der Waals surface area contributed by atoms with Crippen molar-refractivity contribution in [3.05, 3.63) is 66.4 Å². The quantitative estimate of drug-likeness (QED) is 0.555. The first kappa shape index (κ1) is 22.6. The van der Waals surface area contributed by atoms with Gasteiger partial charge in [-0.1, -0.05) is 42.5 Å². The summed E-state index contributed by atoms with van der Waals surface area (Å²) in [4.78, 5) is 21.0. The lowest BCUT2D eigenvalue weighted by Gasteiger charge is -2.49. The van der Waals surface area contributed by atoms with Gasteiger partial charge in [0.25, 0.3) is 0 Å². The van der Waals surface area contributed by atoms with Crippen LogP contribution in [-0.4, -0.2) is 69.9 Å². The molecule has 1 aromatic heterocycles. The lowest BCUT2D eigenvalue weighted by Crippen LogP contribution is -2.60. The summed E-state index contributed by atoms with van der Waals surface area (Å²) in [5.74, 6) is 0.123. The highest BCUT2D eigenvalue weighted by Crippen LogP contribution is 2.38. The van der Waals surface area contributed by atoms with Crippen LogP contribution in [0, 0.1) is 0 Å². The fourth-order valence-electron chi connectivity index (χ4n) is 5.72. The Labute approximate surface area is 205 Å². The average molecular weight is 473 g/mol. The van der Waals surface area contributed by atoms with Gasteiger partial charge in [-0.05, 0) is 54.5 Å². The Hall–Kier alpha value is -2.84. The second-order valence-corrected chi connectivity index (χ2v) is 10.2. The summed E-state index contributed by atoms with van der Waals surface area (Å²) < 4.78 is 6.10. The zero-order valence-electron chi connectivity index (χ0n) is 19.8. The van der Waals surface area contributed by atoms with Gasteiger partial charge >= 0.3 is 0 Å². The van der Waals surface area contributed by atoms with E-state index in [0.717, 1.165) is 66.4 Å². The molecule has 2 unspecified atom stereocenters. The van der Waals surface area contributed by atoms with Crippen LogP contribution in [0.5, 0.6) is 0 Å². The van der Waals surface area contributed by atoms with Gasteiger partial charge in [-0.3, -0.25) is 14.7 Å². The number of likely N-dealkylation sites (tertiary alicyclic amines) is 1. The molecule has 7 heteroatoms. The van der Waals surface area contributed by atoms with Crippen molar-refractivity contribution >= 4 is 16.8 Å². The number of carbonyl (C=O) groups is 1. The van der Waals surface area contributed by atoms with Crippen molar-refractivity contribution in [1.82, 2.24) is 14.8 Å². The second kappa shape index (κ2) is 8.99. The first-order valence-electron chi connectivity index (χ1n) is 12.6. The van der Waals surface area contributed by atoms with Crippen molar-refractivity contribution in [3.63, 3.8) is 0 Å². The van der Waals surface area contributed by atoms with Crippen LogP contribution in [-0.2, 0) is 9.53 Å². The molecule has 1 aliphatic carbocycles. The van der Waals surface area contributed by atoms with E-state index in [-0.39, 0.29) is 24.2 Å². The number of aliphatic hydroxyl groups is 1. The van der Waals surface area contributed by atoms with E-state index in [9.17, 15) is 9.90 Å². The average Bonchev–Trinajstić information content (AvgIpc) is 3.73. The number of aromatic nitrogens is 1. The molecule has 2 atom stereocenters. The molecule has 2 aromatic carbocycles. The molecule has 3 aromatic rings. The number of hydrogen-bond donors (Lipinski definition) is 2. The first-order chi connectivity index (χ1) is 17.0. The maximum atomic E-state index is 12.3. The number of benzene rings is 2. The summed E-state index contributed by atoms with van der Waals surface area (Å²) >= 11 is 0. The van der Waals surface area contributed by atoms with Crippen LogP contribution in [0.2, 0.25) is 0 Å². The van der Waals surface area contributed by atoms with Gasteiger partial charge in [0.2, 0.25) is 5.91 Å². The minimum atomic E-state index is -0.989. The predicted molar refractivity (Wildman–Crippen MR) is 134 cm³/mol. The molecule has 1 saturated carbocycles. The Balaban J connectivity index is 1.17. The van der Waals surface area contributed by atoms with E-state index in [1.807, 2.05) is 17.2 Å². The van der Waals surface area contributed by atoms with Crippen LogP contribution in [0.1, 0.15) is 37.3 Å². The van der Waals surface area contributed by atoms with Gasteiger partial charge in [0.05, 0.1) is 23.7 Å². The Morgan fingerprint density at radius 3 is 2.51 bits per heavy atom. The van der Waals surface area contributed by atoms with Gasteiger partial charge in [0, 0.05) is 30.7 Å². The highest BCUT2D eigenvalue weighted by Gasteiger charge is 2.47. The number of nitrogens with two attached hydrogens (primary N) is 1. The number of carbonyl (C=O) groups excluding carboxylic acids is 1. The van der Waals surface area contributed by atoms with Gasteiger partial charge < -0.3 is 20.5 Å². The van der Waals surface area contributed by atoms with Crippen LogP contribution < -0.4 is 5.73 Å². The lowest BCUT2D eigenvalue weighted by atomic mass is 9.87. The topological polar surface area (TPSA) is 91.9 Å². The molecule has 182 valence electrons. The number of morpholine rings is 1. The third-order valence-electron chi connectivity index (χ3n) is 7.89. The number of rotatable bonds is 5. The van der Waals surface area contributed by atoms with Crippen molar-refractivity contribution in [2.45, 2.75) is 49.6 Å². The van der Waals surface area contributed by atoms with Gasteiger partial charge in [-0.25, -0.2) is 0 Å². The summed E-state index contributed by atoms with van der Waals surface area (Å²) in [6.07, 6.45) is 4.70. The molecule has 35 heavy (non-hydrogen) atoms. The maximum Gasteiger partial charge on any atom is 0.248 e. The van der Waals surface area contributed by atoms with Crippen LogP contribution in [0.4, 0.5) is 0 Å². The first-order valence-corrected chi connectivity index (χ1v) is 12.6. The lowest BCUT2D eigenvalue weighted by molar-refractivity contribution is -0.174. The summed E-state index contributed by atoms with van der Waals surface area (Å²) in [5, 5.41) is 11.6. The Kier molecular flexibility index (Phi) is 5.81. The third kappa shape index (κ3) is 4.45. The molecule has 0 bridgehead atoms. The molecular weight excluding hydrogens is 440 g/mol.